The first-order valence-corrected chi connectivity index (χ1v) is 5.44. The highest BCUT2D eigenvalue weighted by Crippen LogP contribution is 2.27. The Morgan fingerprint density at radius 2 is 2.07 bits per heavy atom. The largest absolute Gasteiger partial charge is 0.260 e. The predicted molar refractivity (Wildman–Crippen MR) is 64.0 cm³/mol. The molecule has 1 nitrogen and oxygen atoms in total. The van der Waals surface area contributed by atoms with Crippen molar-refractivity contribution in [3.63, 3.8) is 0 Å². The minimum absolute atomic E-state index is 0.374. The van der Waals surface area contributed by atoms with Gasteiger partial charge in [-0.25, -0.2) is 0 Å². The molecule has 1 aliphatic carbocycles. The van der Waals surface area contributed by atoms with Gasteiger partial charge in [0.1, 0.15) is 0 Å². The van der Waals surface area contributed by atoms with Crippen LogP contribution in [0.2, 0.25) is 0 Å². The molecule has 1 aliphatic rings. The third kappa shape index (κ3) is 2.01. The van der Waals surface area contributed by atoms with Crippen LogP contribution in [0.3, 0.4) is 0 Å². The van der Waals surface area contributed by atoms with Gasteiger partial charge < -0.3 is 0 Å². The summed E-state index contributed by atoms with van der Waals surface area (Å²) in [6, 6.07) is 2.07. The van der Waals surface area contributed by atoms with Crippen LogP contribution in [0.5, 0.6) is 0 Å². The van der Waals surface area contributed by atoms with Gasteiger partial charge in [0.2, 0.25) is 0 Å². The Labute approximate surface area is 91.6 Å². The van der Waals surface area contributed by atoms with Gasteiger partial charge in [0.15, 0.2) is 0 Å². The van der Waals surface area contributed by atoms with E-state index in [1.165, 1.54) is 22.4 Å². The molecule has 0 radical (unpaired) electrons. The molecular weight excluding hydrogens is 182 g/mol. The van der Waals surface area contributed by atoms with E-state index in [9.17, 15) is 0 Å². The van der Waals surface area contributed by atoms with Crippen LogP contribution in [-0.4, -0.2) is 4.98 Å². The summed E-state index contributed by atoms with van der Waals surface area (Å²) >= 11 is 0. The number of hydrogen-bond acceptors (Lipinski definition) is 1. The predicted octanol–water partition coefficient (Wildman–Crippen LogP) is 3.69. The molecule has 0 spiro atoms. The molecule has 15 heavy (non-hydrogen) atoms. The first kappa shape index (κ1) is 10.2. The Kier molecular flexibility index (Phi) is 2.72. The van der Waals surface area contributed by atoms with E-state index < -0.39 is 0 Å². The van der Waals surface area contributed by atoms with Crippen molar-refractivity contribution in [2.45, 2.75) is 33.1 Å². The monoisotopic (exact) mass is 199 g/mol. The lowest BCUT2D eigenvalue weighted by Gasteiger charge is -2.16. The van der Waals surface area contributed by atoms with Crippen LogP contribution in [0.1, 0.15) is 36.1 Å². The molecule has 1 heteroatoms. The summed E-state index contributed by atoms with van der Waals surface area (Å²) < 4.78 is 0. The number of allylic oxidation sites excluding steroid dienone is 4. The Morgan fingerprint density at radius 1 is 1.27 bits per heavy atom. The smallest absolute Gasteiger partial charge is 0.0542 e. The Morgan fingerprint density at radius 3 is 2.80 bits per heavy atom. The van der Waals surface area contributed by atoms with Crippen molar-refractivity contribution in [1.82, 2.24) is 4.98 Å². The Balaban J connectivity index is 2.41. The van der Waals surface area contributed by atoms with Gasteiger partial charge in [-0.1, -0.05) is 23.8 Å². The second-order valence-electron chi connectivity index (χ2n) is 4.31. The number of pyridine rings is 1. The summed E-state index contributed by atoms with van der Waals surface area (Å²) in [5.41, 5.74) is 5.28. The maximum atomic E-state index is 4.50. The highest BCUT2D eigenvalue weighted by Gasteiger charge is 2.13. The lowest BCUT2D eigenvalue weighted by Crippen LogP contribution is -2.03. The van der Waals surface area contributed by atoms with Gasteiger partial charge in [-0.2, -0.15) is 0 Å². The number of nitrogens with zero attached hydrogens (tertiary/aromatic N) is 1. The zero-order chi connectivity index (χ0) is 10.8. The molecule has 0 saturated carbocycles. The molecule has 0 bridgehead atoms. The van der Waals surface area contributed by atoms with Gasteiger partial charge >= 0.3 is 0 Å². The number of hydrogen-bond donors (Lipinski definition) is 0. The molecule has 0 saturated heterocycles. The Bertz CT molecular complexity index is 427. The highest BCUT2D eigenvalue weighted by molar-refractivity contribution is 5.37. The summed E-state index contributed by atoms with van der Waals surface area (Å²) in [5.74, 6) is 0.374. The van der Waals surface area contributed by atoms with Crippen LogP contribution in [-0.2, 0) is 0 Å². The van der Waals surface area contributed by atoms with Crippen LogP contribution in [0.15, 0.2) is 36.1 Å². The van der Waals surface area contributed by atoms with Crippen molar-refractivity contribution in [2.75, 3.05) is 0 Å². The highest BCUT2D eigenvalue weighted by atomic mass is 14.7. The summed E-state index contributed by atoms with van der Waals surface area (Å²) in [6.07, 6.45) is 9.80. The van der Waals surface area contributed by atoms with Gasteiger partial charge in [-0.15, -0.1) is 0 Å². The number of aryl methyl sites for hydroxylation is 1. The van der Waals surface area contributed by atoms with Crippen molar-refractivity contribution in [3.8, 4) is 0 Å². The quantitative estimate of drug-likeness (QED) is 0.629. The topological polar surface area (TPSA) is 12.9 Å². The minimum atomic E-state index is 0.374. The van der Waals surface area contributed by atoms with Gasteiger partial charge in [0, 0.05) is 12.1 Å². The third-order valence-corrected chi connectivity index (χ3v) is 3.08. The second-order valence-corrected chi connectivity index (χ2v) is 4.31. The second kappa shape index (κ2) is 4.01. The normalized spacial score (nSPS) is 20.2. The zero-order valence-electron chi connectivity index (χ0n) is 9.62. The van der Waals surface area contributed by atoms with Gasteiger partial charge in [0.05, 0.1) is 5.69 Å². The van der Waals surface area contributed by atoms with Crippen molar-refractivity contribution in [2.24, 2.45) is 0 Å². The van der Waals surface area contributed by atoms with Crippen molar-refractivity contribution in [1.29, 1.82) is 0 Å². The zero-order valence-corrected chi connectivity index (χ0v) is 9.62. The van der Waals surface area contributed by atoms with Gasteiger partial charge in [0.25, 0.3) is 0 Å². The summed E-state index contributed by atoms with van der Waals surface area (Å²) in [4.78, 5) is 4.50. The van der Waals surface area contributed by atoms with E-state index in [0.29, 0.717) is 5.92 Å². The van der Waals surface area contributed by atoms with Gasteiger partial charge in [-0.05, 0) is 44.4 Å². The maximum absolute atomic E-state index is 4.50. The fraction of sp³-hybridized carbons (Fsp3) is 0.357. The first-order valence-electron chi connectivity index (χ1n) is 5.44. The van der Waals surface area contributed by atoms with Crippen LogP contribution in [0.4, 0.5) is 0 Å². The molecule has 78 valence electrons. The molecular formula is C14H17N. The van der Waals surface area contributed by atoms with Crippen molar-refractivity contribution < 1.29 is 0 Å². The van der Waals surface area contributed by atoms with E-state index in [0.717, 1.165) is 6.42 Å². The molecule has 0 amide bonds. The lowest BCUT2D eigenvalue weighted by atomic mass is 9.91. The molecule has 0 aromatic carbocycles. The van der Waals surface area contributed by atoms with Crippen LogP contribution >= 0.6 is 0 Å². The van der Waals surface area contributed by atoms with Crippen LogP contribution in [0.25, 0.3) is 0 Å². The minimum Gasteiger partial charge on any atom is -0.260 e. The molecule has 1 heterocycles. The van der Waals surface area contributed by atoms with Crippen molar-refractivity contribution in [3.05, 3.63) is 52.9 Å². The average molecular weight is 199 g/mol. The molecule has 2 rings (SSSR count). The maximum Gasteiger partial charge on any atom is 0.0542 e. The van der Waals surface area contributed by atoms with Crippen LogP contribution in [0, 0.1) is 13.8 Å². The third-order valence-electron chi connectivity index (χ3n) is 3.08. The SMILES string of the molecule is CC1=CC(c2nccc(C)c2C)C=CC1. The van der Waals surface area contributed by atoms with E-state index in [1.54, 1.807) is 0 Å². The number of aromatic nitrogens is 1. The molecule has 0 fully saturated rings. The number of rotatable bonds is 1. The van der Waals surface area contributed by atoms with E-state index in [4.69, 9.17) is 0 Å². The molecule has 0 aliphatic heterocycles. The van der Waals surface area contributed by atoms with E-state index in [1.807, 2.05) is 6.20 Å². The summed E-state index contributed by atoms with van der Waals surface area (Å²) in [5, 5.41) is 0. The standard InChI is InChI=1S/C14H17N/c1-10-5-4-6-13(9-10)14-12(3)11(2)7-8-15-14/h4,6-9,13H,5H2,1-3H3. The average Bonchev–Trinajstić information content (AvgIpc) is 2.22. The lowest BCUT2D eigenvalue weighted by molar-refractivity contribution is 0.919. The van der Waals surface area contributed by atoms with Crippen LogP contribution < -0.4 is 0 Å². The van der Waals surface area contributed by atoms with E-state index in [2.05, 4.69) is 50.0 Å². The van der Waals surface area contributed by atoms with Crippen molar-refractivity contribution >= 4 is 0 Å². The molecule has 1 aromatic rings. The first-order chi connectivity index (χ1) is 7.18. The summed E-state index contributed by atoms with van der Waals surface area (Å²) in [7, 11) is 0. The van der Waals surface area contributed by atoms with Gasteiger partial charge in [-0.3, -0.25) is 4.98 Å². The fourth-order valence-electron chi connectivity index (χ4n) is 1.99. The molecule has 1 atom stereocenters. The molecule has 1 aromatic heterocycles. The molecule has 1 unspecified atom stereocenters. The Hall–Kier alpha value is -1.37. The van der Waals surface area contributed by atoms with E-state index in [-0.39, 0.29) is 0 Å². The molecule has 0 N–H and O–H groups in total. The van der Waals surface area contributed by atoms with E-state index >= 15 is 0 Å². The fourth-order valence-corrected chi connectivity index (χ4v) is 1.99. The summed E-state index contributed by atoms with van der Waals surface area (Å²) in [6.45, 7) is 6.48.